The van der Waals surface area contributed by atoms with E-state index in [0.29, 0.717) is 11.2 Å². The van der Waals surface area contributed by atoms with Gasteiger partial charge in [-0.1, -0.05) is 42.5 Å². The standard InChI is InChI=1S/C37H34N10/c38-21-33-40-18-14-28(42-33)23-46-24-37(25-46)15-19-45(20-16-37)22-26-8-10-29(11-9-26)47-35(30-7-4-17-41-34(30)39)44-32-13-12-31(43-36(32)47)27-5-2-1-3-6-27/h1-14,17-18H,15-16,19-20,22-25H2,(H2,39,41). The molecule has 2 N–H and O–H groups in total. The highest BCUT2D eigenvalue weighted by Crippen LogP contribution is 2.41. The molecule has 10 heteroatoms. The van der Waals surface area contributed by atoms with Crippen LogP contribution in [0.1, 0.15) is 29.9 Å². The summed E-state index contributed by atoms with van der Waals surface area (Å²) >= 11 is 0. The first kappa shape index (κ1) is 28.9. The molecule has 1 spiro atoms. The zero-order chi connectivity index (χ0) is 31.8. The molecular formula is C37H34N10. The Labute approximate surface area is 273 Å². The summed E-state index contributed by atoms with van der Waals surface area (Å²) in [6.07, 6.45) is 5.76. The van der Waals surface area contributed by atoms with Crippen LogP contribution in [-0.4, -0.2) is 65.5 Å². The summed E-state index contributed by atoms with van der Waals surface area (Å²) in [7, 11) is 0. The van der Waals surface area contributed by atoms with Gasteiger partial charge in [-0.2, -0.15) is 5.26 Å². The van der Waals surface area contributed by atoms with Crippen molar-refractivity contribution in [2.45, 2.75) is 25.9 Å². The minimum atomic E-state index is 0.241. The summed E-state index contributed by atoms with van der Waals surface area (Å²) in [5.74, 6) is 1.39. The lowest BCUT2D eigenvalue weighted by Crippen LogP contribution is -2.59. The second kappa shape index (κ2) is 12.0. The molecule has 10 nitrogen and oxygen atoms in total. The van der Waals surface area contributed by atoms with Crippen molar-refractivity contribution in [1.29, 1.82) is 5.26 Å². The maximum absolute atomic E-state index is 9.09. The summed E-state index contributed by atoms with van der Waals surface area (Å²) in [5.41, 5.74) is 14.2. The third-order valence-corrected chi connectivity index (χ3v) is 9.49. The molecule has 232 valence electrons. The first-order valence-electron chi connectivity index (χ1n) is 16.0. The van der Waals surface area contributed by atoms with E-state index >= 15 is 0 Å². The van der Waals surface area contributed by atoms with E-state index in [1.54, 1.807) is 12.4 Å². The number of benzene rings is 2. The van der Waals surface area contributed by atoms with Crippen LogP contribution in [0.15, 0.2) is 97.3 Å². The molecule has 2 aromatic carbocycles. The third kappa shape index (κ3) is 5.71. The molecule has 47 heavy (non-hydrogen) atoms. The molecule has 2 aliphatic heterocycles. The van der Waals surface area contributed by atoms with E-state index in [-0.39, 0.29) is 5.82 Å². The Bertz CT molecular complexity index is 2080. The number of likely N-dealkylation sites (tertiary alicyclic amines) is 2. The lowest BCUT2D eigenvalue weighted by atomic mass is 9.72. The van der Waals surface area contributed by atoms with Crippen LogP contribution in [0.3, 0.4) is 0 Å². The molecule has 0 amide bonds. The summed E-state index contributed by atoms with van der Waals surface area (Å²) in [6, 6.07) is 30.8. The number of fused-ring (bicyclic) bond motifs is 1. The number of nitrogens with zero attached hydrogens (tertiary/aromatic N) is 9. The molecule has 0 radical (unpaired) electrons. The van der Waals surface area contributed by atoms with Crippen molar-refractivity contribution in [3.8, 4) is 34.4 Å². The van der Waals surface area contributed by atoms with Gasteiger partial charge in [0.15, 0.2) is 11.5 Å². The molecular weight excluding hydrogens is 584 g/mol. The van der Waals surface area contributed by atoms with Crippen LogP contribution in [0.4, 0.5) is 5.82 Å². The van der Waals surface area contributed by atoms with Crippen LogP contribution in [0, 0.1) is 16.7 Å². The lowest BCUT2D eigenvalue weighted by Gasteiger charge is -2.54. The number of hydrogen-bond donors (Lipinski definition) is 1. The van der Waals surface area contributed by atoms with Crippen molar-refractivity contribution in [3.63, 3.8) is 0 Å². The Kier molecular flexibility index (Phi) is 7.40. The minimum absolute atomic E-state index is 0.241. The maximum Gasteiger partial charge on any atom is 0.232 e. The van der Waals surface area contributed by atoms with E-state index < -0.39 is 0 Å². The Balaban J connectivity index is 0.983. The SMILES string of the molecule is N#Cc1nccc(CN2CC3(CCN(Cc4ccc(-n5c(-c6cccnc6N)nc6ccc(-c7ccccc7)nc65)cc4)CC3)C2)n1. The molecule has 4 aromatic heterocycles. The normalized spacial score (nSPS) is 16.2. The fourth-order valence-corrected chi connectivity index (χ4v) is 7.05. The van der Waals surface area contributed by atoms with Gasteiger partial charge >= 0.3 is 0 Å². The largest absolute Gasteiger partial charge is 0.383 e. The molecule has 2 saturated heterocycles. The number of rotatable bonds is 7. The smallest absolute Gasteiger partial charge is 0.232 e. The number of hydrogen-bond acceptors (Lipinski definition) is 9. The van der Waals surface area contributed by atoms with Crippen LogP contribution >= 0.6 is 0 Å². The second-order valence-electron chi connectivity index (χ2n) is 12.7. The molecule has 0 atom stereocenters. The van der Waals surface area contributed by atoms with E-state index in [1.807, 2.05) is 54.6 Å². The number of anilines is 1. The average Bonchev–Trinajstić information content (AvgIpc) is 3.48. The van der Waals surface area contributed by atoms with Crippen molar-refractivity contribution < 1.29 is 0 Å². The summed E-state index contributed by atoms with van der Waals surface area (Å²) in [4.78, 5) is 27.7. The van der Waals surface area contributed by atoms with Gasteiger partial charge in [0.2, 0.25) is 5.82 Å². The van der Waals surface area contributed by atoms with Crippen LogP contribution in [0.5, 0.6) is 0 Å². The van der Waals surface area contributed by atoms with Crippen molar-refractivity contribution in [2.24, 2.45) is 5.41 Å². The fourth-order valence-electron chi connectivity index (χ4n) is 7.05. The molecule has 2 aliphatic rings. The third-order valence-electron chi connectivity index (χ3n) is 9.49. The van der Waals surface area contributed by atoms with Crippen molar-refractivity contribution in [3.05, 3.63) is 114 Å². The van der Waals surface area contributed by atoms with Crippen molar-refractivity contribution >= 4 is 17.0 Å². The molecule has 8 rings (SSSR count). The number of pyridine rings is 2. The number of piperidine rings is 1. The van der Waals surface area contributed by atoms with E-state index in [0.717, 1.165) is 84.5 Å². The van der Waals surface area contributed by atoms with Gasteiger partial charge in [0, 0.05) is 49.8 Å². The highest BCUT2D eigenvalue weighted by Gasteiger charge is 2.44. The molecule has 0 aliphatic carbocycles. The minimum Gasteiger partial charge on any atom is -0.383 e. The monoisotopic (exact) mass is 618 g/mol. The van der Waals surface area contributed by atoms with E-state index in [2.05, 4.69) is 65.7 Å². The quantitative estimate of drug-likeness (QED) is 0.247. The number of nitriles is 1. The van der Waals surface area contributed by atoms with Crippen molar-refractivity contribution in [1.82, 2.24) is 39.3 Å². The first-order chi connectivity index (χ1) is 23.1. The van der Waals surface area contributed by atoms with Crippen LogP contribution < -0.4 is 5.73 Å². The van der Waals surface area contributed by atoms with E-state index in [1.165, 1.54) is 18.4 Å². The Morgan fingerprint density at radius 3 is 2.34 bits per heavy atom. The highest BCUT2D eigenvalue weighted by atomic mass is 15.2. The van der Waals surface area contributed by atoms with Gasteiger partial charge in [0.05, 0.1) is 17.0 Å². The summed E-state index contributed by atoms with van der Waals surface area (Å²) in [5, 5.41) is 9.09. The predicted molar refractivity (Wildman–Crippen MR) is 181 cm³/mol. The fraction of sp³-hybridized carbons (Fsp3) is 0.243. The highest BCUT2D eigenvalue weighted by molar-refractivity contribution is 5.84. The molecule has 2 fully saturated rings. The molecule has 6 heterocycles. The zero-order valence-corrected chi connectivity index (χ0v) is 26.0. The van der Waals surface area contributed by atoms with Crippen LogP contribution in [0.25, 0.3) is 39.5 Å². The van der Waals surface area contributed by atoms with Crippen LogP contribution in [-0.2, 0) is 13.1 Å². The van der Waals surface area contributed by atoms with Gasteiger partial charge < -0.3 is 5.73 Å². The number of imidazole rings is 1. The van der Waals surface area contributed by atoms with E-state index in [9.17, 15) is 0 Å². The number of nitrogens with two attached hydrogens (primary N) is 1. The van der Waals surface area contributed by atoms with Gasteiger partial charge in [-0.3, -0.25) is 14.4 Å². The average molecular weight is 619 g/mol. The summed E-state index contributed by atoms with van der Waals surface area (Å²) < 4.78 is 2.09. The second-order valence-corrected chi connectivity index (χ2v) is 12.7. The molecule has 0 unspecified atom stereocenters. The maximum atomic E-state index is 9.09. The zero-order valence-electron chi connectivity index (χ0n) is 26.0. The van der Waals surface area contributed by atoms with Gasteiger partial charge in [-0.15, -0.1) is 0 Å². The summed E-state index contributed by atoms with van der Waals surface area (Å²) in [6.45, 7) is 6.05. The molecule has 0 bridgehead atoms. The molecule has 6 aromatic rings. The van der Waals surface area contributed by atoms with Gasteiger partial charge in [-0.25, -0.2) is 24.9 Å². The van der Waals surface area contributed by atoms with Gasteiger partial charge in [-0.05, 0) is 79.4 Å². The first-order valence-corrected chi connectivity index (χ1v) is 16.0. The topological polar surface area (TPSA) is 126 Å². The molecule has 0 saturated carbocycles. The predicted octanol–water partition coefficient (Wildman–Crippen LogP) is 5.49. The van der Waals surface area contributed by atoms with Gasteiger partial charge in [0.1, 0.15) is 17.4 Å². The Morgan fingerprint density at radius 2 is 1.57 bits per heavy atom. The number of aromatic nitrogens is 6. The number of nitrogen functional groups attached to an aromatic ring is 1. The van der Waals surface area contributed by atoms with Gasteiger partial charge in [0.25, 0.3) is 0 Å². The van der Waals surface area contributed by atoms with E-state index in [4.69, 9.17) is 21.0 Å². The Morgan fingerprint density at radius 1 is 0.766 bits per heavy atom. The van der Waals surface area contributed by atoms with Crippen molar-refractivity contribution in [2.75, 3.05) is 31.9 Å². The van der Waals surface area contributed by atoms with Crippen LogP contribution in [0.2, 0.25) is 0 Å². The lowest BCUT2D eigenvalue weighted by molar-refractivity contribution is -0.0529. The Hall–Kier alpha value is -5.50.